The van der Waals surface area contributed by atoms with E-state index in [2.05, 4.69) is 12.2 Å². The third-order valence-corrected chi connectivity index (χ3v) is 11.5. The lowest BCUT2D eigenvalue weighted by Gasteiger charge is -2.32. The summed E-state index contributed by atoms with van der Waals surface area (Å²) in [6.45, 7) is 6.76. The molecule has 2 amide bonds. The van der Waals surface area contributed by atoms with Gasteiger partial charge in [-0.05, 0) is 74.5 Å². The Kier molecular flexibility index (Phi) is 23.2. The maximum Gasteiger partial charge on any atom is 0.226 e. The lowest BCUT2D eigenvalue weighted by atomic mass is 9.88. The number of hydrogen-bond acceptors (Lipinski definition) is 10. The Morgan fingerprint density at radius 1 is 0.767 bits per heavy atom. The average Bonchev–Trinajstić information content (AvgIpc) is 3.23. The van der Waals surface area contributed by atoms with Crippen molar-refractivity contribution in [2.75, 3.05) is 39.9 Å². The summed E-state index contributed by atoms with van der Waals surface area (Å²) in [4.78, 5) is 70.5. The highest BCUT2D eigenvalue weighted by atomic mass is 16.5. The number of nitrogens with two attached hydrogens (primary N) is 3. The van der Waals surface area contributed by atoms with Crippen molar-refractivity contribution in [2.45, 2.75) is 148 Å². The predicted octanol–water partition coefficient (Wildman–Crippen LogP) is 7.16. The van der Waals surface area contributed by atoms with Crippen LogP contribution in [0.2, 0.25) is 0 Å². The molecular weight excluding hydrogens is 759 g/mol. The summed E-state index contributed by atoms with van der Waals surface area (Å²) in [5.41, 5.74) is 20.0. The van der Waals surface area contributed by atoms with E-state index in [4.69, 9.17) is 26.7 Å². The van der Waals surface area contributed by atoms with Gasteiger partial charge in [0.15, 0.2) is 11.6 Å². The van der Waals surface area contributed by atoms with Crippen molar-refractivity contribution in [3.63, 3.8) is 0 Å². The van der Waals surface area contributed by atoms with Crippen LogP contribution in [0.1, 0.15) is 147 Å². The summed E-state index contributed by atoms with van der Waals surface area (Å²) >= 11 is 0. The Balaban J connectivity index is 1.97. The molecule has 1 heterocycles. The molecule has 0 spiro atoms. The zero-order chi connectivity index (χ0) is 43.9. The molecular formula is C48H75N5O7. The van der Waals surface area contributed by atoms with Gasteiger partial charge in [0.25, 0.3) is 0 Å². The first-order chi connectivity index (χ1) is 28.9. The second-order valence-electron chi connectivity index (χ2n) is 16.7. The van der Waals surface area contributed by atoms with Gasteiger partial charge in [0.05, 0.1) is 6.04 Å². The zero-order valence-corrected chi connectivity index (χ0v) is 37.1. The summed E-state index contributed by atoms with van der Waals surface area (Å²) in [6, 6.07) is 8.94. The van der Waals surface area contributed by atoms with Gasteiger partial charge in [-0.25, -0.2) is 0 Å². The molecule has 1 aliphatic heterocycles. The van der Waals surface area contributed by atoms with Crippen LogP contribution in [0.5, 0.6) is 11.5 Å². The van der Waals surface area contributed by atoms with Gasteiger partial charge in [-0.2, -0.15) is 0 Å². The topological polar surface area (TPSA) is 197 Å². The Morgan fingerprint density at radius 3 is 1.93 bits per heavy atom. The minimum Gasteiger partial charge on any atom is -0.492 e. The number of hydrogen-bond donors (Lipinski definition) is 4. The van der Waals surface area contributed by atoms with Crippen molar-refractivity contribution in [1.82, 2.24) is 10.2 Å². The normalized spacial score (nSPS) is 17.4. The molecule has 0 aliphatic carbocycles. The van der Waals surface area contributed by atoms with Crippen LogP contribution < -0.4 is 32.0 Å². The van der Waals surface area contributed by atoms with E-state index in [9.17, 15) is 24.0 Å². The lowest BCUT2D eigenvalue weighted by molar-refractivity contribution is -0.144. The number of likely N-dealkylation sites (N-methyl/N-ethyl adjacent to an activating group) is 1. The van der Waals surface area contributed by atoms with Crippen LogP contribution in [0.25, 0.3) is 11.1 Å². The largest absolute Gasteiger partial charge is 0.492 e. The second kappa shape index (κ2) is 27.7. The van der Waals surface area contributed by atoms with E-state index in [1.54, 1.807) is 32.2 Å². The molecule has 12 heteroatoms. The molecule has 1 aliphatic rings. The van der Waals surface area contributed by atoms with E-state index < -0.39 is 29.8 Å². The second-order valence-corrected chi connectivity index (χ2v) is 16.7. The number of benzene rings is 2. The van der Waals surface area contributed by atoms with Gasteiger partial charge in [0, 0.05) is 62.4 Å². The van der Waals surface area contributed by atoms with Crippen molar-refractivity contribution < 1.29 is 33.4 Å². The van der Waals surface area contributed by atoms with Gasteiger partial charge in [-0.15, -0.1) is 0 Å². The smallest absolute Gasteiger partial charge is 0.226 e. The molecule has 0 saturated heterocycles. The third kappa shape index (κ3) is 16.4. The van der Waals surface area contributed by atoms with E-state index in [0.29, 0.717) is 60.4 Å². The first-order valence-corrected chi connectivity index (χ1v) is 22.7. The number of ketones is 3. The number of nitrogens with one attached hydrogen (secondary N) is 1. The van der Waals surface area contributed by atoms with Crippen LogP contribution in [-0.2, 0) is 30.4 Å². The molecule has 0 saturated carbocycles. The monoisotopic (exact) mass is 834 g/mol. The Morgan fingerprint density at radius 2 is 1.35 bits per heavy atom. The molecule has 60 heavy (non-hydrogen) atoms. The highest BCUT2D eigenvalue weighted by Gasteiger charge is 2.36. The highest BCUT2D eigenvalue weighted by molar-refractivity contribution is 5.96. The SMILES string of the molecule is CCCCCCCCCCCCCC(=O)CC(CCCCN)C(=O)N(C)[C@@H]1C(=O)C[C@@H](C)C(=O)N[C@H](C(C)=O)Cc2ccc(OCCN)c(c2)-c2cc1ccc2OCCN. The van der Waals surface area contributed by atoms with Crippen LogP contribution >= 0.6 is 0 Å². The predicted molar refractivity (Wildman–Crippen MR) is 239 cm³/mol. The molecule has 7 N–H and O–H groups in total. The lowest BCUT2D eigenvalue weighted by Crippen LogP contribution is -2.45. The Hall–Kier alpha value is -4.13. The fourth-order valence-electron chi connectivity index (χ4n) is 8.04. The Labute approximate surface area is 359 Å². The average molecular weight is 834 g/mol. The molecule has 2 aromatic carbocycles. The summed E-state index contributed by atoms with van der Waals surface area (Å²) in [7, 11) is 1.60. The van der Waals surface area contributed by atoms with E-state index >= 15 is 0 Å². The number of nitrogens with zero attached hydrogens (tertiary/aromatic N) is 1. The molecule has 4 bridgehead atoms. The van der Waals surface area contributed by atoms with Gasteiger partial charge in [0.2, 0.25) is 11.8 Å². The van der Waals surface area contributed by atoms with Gasteiger partial charge in [-0.1, -0.05) is 96.6 Å². The van der Waals surface area contributed by atoms with Crippen LogP contribution in [-0.4, -0.2) is 80.0 Å². The van der Waals surface area contributed by atoms with Crippen molar-refractivity contribution in [1.29, 1.82) is 0 Å². The summed E-state index contributed by atoms with van der Waals surface area (Å²) < 4.78 is 12.2. The van der Waals surface area contributed by atoms with Crippen molar-refractivity contribution in [3.8, 4) is 22.6 Å². The van der Waals surface area contributed by atoms with E-state index in [-0.39, 0.29) is 68.8 Å². The van der Waals surface area contributed by atoms with Crippen molar-refractivity contribution in [2.24, 2.45) is 29.0 Å². The molecule has 4 atom stereocenters. The molecule has 0 fully saturated rings. The fourth-order valence-corrected chi connectivity index (χ4v) is 8.04. The molecule has 12 nitrogen and oxygen atoms in total. The number of fused-ring (bicyclic) bond motifs is 5. The molecule has 0 aromatic heterocycles. The molecule has 334 valence electrons. The van der Waals surface area contributed by atoms with Gasteiger partial charge in [0.1, 0.15) is 36.5 Å². The van der Waals surface area contributed by atoms with Crippen LogP contribution in [0.15, 0.2) is 36.4 Å². The molecule has 3 rings (SSSR count). The summed E-state index contributed by atoms with van der Waals surface area (Å²) in [6.07, 6.45) is 15.4. The number of carbonyl (C=O) groups is 5. The quantitative estimate of drug-likeness (QED) is 0.0671. The summed E-state index contributed by atoms with van der Waals surface area (Å²) in [5, 5.41) is 2.87. The van der Waals surface area contributed by atoms with Crippen LogP contribution in [0.3, 0.4) is 0 Å². The number of unbranched alkanes of at least 4 members (excludes halogenated alkanes) is 11. The van der Waals surface area contributed by atoms with Gasteiger partial charge < -0.3 is 36.9 Å². The van der Waals surface area contributed by atoms with E-state index in [1.807, 2.05) is 18.2 Å². The third-order valence-electron chi connectivity index (χ3n) is 11.5. The maximum absolute atomic E-state index is 14.6. The van der Waals surface area contributed by atoms with Crippen molar-refractivity contribution >= 4 is 29.2 Å². The molecule has 0 radical (unpaired) electrons. The zero-order valence-electron chi connectivity index (χ0n) is 37.1. The molecule has 2 aromatic rings. The highest BCUT2D eigenvalue weighted by Crippen LogP contribution is 2.41. The summed E-state index contributed by atoms with van der Waals surface area (Å²) in [5.74, 6) is -1.73. The Bertz CT molecular complexity index is 1670. The minimum atomic E-state index is -1.10. The fraction of sp³-hybridized carbons (Fsp3) is 0.646. The first kappa shape index (κ1) is 50.2. The van der Waals surface area contributed by atoms with E-state index in [1.165, 1.54) is 63.2 Å². The minimum absolute atomic E-state index is 0.0432. The van der Waals surface area contributed by atoms with Crippen LogP contribution in [0, 0.1) is 11.8 Å². The first-order valence-electron chi connectivity index (χ1n) is 22.7. The number of amides is 2. The maximum atomic E-state index is 14.6. The van der Waals surface area contributed by atoms with E-state index in [0.717, 1.165) is 24.8 Å². The standard InChI is InChI=1S/C48H75N5O7/c1-5-6-7-8-9-10-11-12-13-14-15-19-39(55)32-38(18-16-17-24-49)48(58)53(4)46-37-21-23-45(60-28-26-51)41(33-37)40-30-36(20-22-44(40)59-27-25-50)31-42(35(3)54)52-47(57)34(2)29-43(46)56/h20-23,30,33-34,38,42,46H,5-19,24-29,31-32,49-51H2,1-4H3,(H,52,57)/t34-,38?,42+,46+/m1/s1. The van der Waals surface area contributed by atoms with Crippen molar-refractivity contribution in [3.05, 3.63) is 47.5 Å². The van der Waals surface area contributed by atoms with Crippen LogP contribution in [0.4, 0.5) is 0 Å². The number of Topliss-reactive ketones (excluding diaryl/α,β-unsaturated/α-hetero) is 3. The molecule has 1 unspecified atom stereocenters. The number of ether oxygens (including phenoxy) is 2. The number of carbonyl (C=O) groups excluding carboxylic acids is 5. The van der Waals surface area contributed by atoms with Gasteiger partial charge >= 0.3 is 0 Å². The number of rotatable bonds is 27. The van der Waals surface area contributed by atoms with Gasteiger partial charge in [-0.3, -0.25) is 24.0 Å².